The summed E-state index contributed by atoms with van der Waals surface area (Å²) in [7, 11) is 0. The molecule has 3 rings (SSSR count). The number of amides is 1. The van der Waals surface area contributed by atoms with Crippen LogP contribution in [-0.2, 0) is 16.0 Å². The van der Waals surface area contributed by atoms with Crippen molar-refractivity contribution in [2.75, 3.05) is 12.3 Å². The van der Waals surface area contributed by atoms with Crippen LogP contribution < -0.4 is 5.32 Å². The highest BCUT2D eigenvalue weighted by Crippen LogP contribution is 2.21. The monoisotopic (exact) mass is 361 g/mol. The second kappa shape index (κ2) is 7.73. The van der Waals surface area contributed by atoms with Crippen molar-refractivity contribution in [3.63, 3.8) is 0 Å². The van der Waals surface area contributed by atoms with Crippen LogP contribution in [0.2, 0.25) is 5.02 Å². The van der Waals surface area contributed by atoms with Crippen molar-refractivity contribution in [1.29, 1.82) is 0 Å². The molecule has 2 aromatic rings. The maximum Gasteiger partial charge on any atom is 0.339 e. The molecule has 0 unspecified atom stereocenters. The van der Waals surface area contributed by atoms with Gasteiger partial charge in [-0.1, -0.05) is 29.8 Å². The number of nitrogens with one attached hydrogen (secondary N) is 1. The number of hydrogen-bond acceptors (Lipinski definition) is 4. The third-order valence-corrected chi connectivity index (χ3v) is 4.93. The number of carbonyl (C=O) groups excluding carboxylic acids is 2. The minimum atomic E-state index is -0.757. The van der Waals surface area contributed by atoms with Gasteiger partial charge in [-0.05, 0) is 35.9 Å². The summed E-state index contributed by atoms with van der Waals surface area (Å²) in [5.41, 5.74) is 1.39. The molecule has 2 aromatic carbocycles. The number of fused-ring (bicyclic) bond motifs is 1. The summed E-state index contributed by atoms with van der Waals surface area (Å²) in [6.45, 7) is 0.502. The Bertz CT molecular complexity index is 748. The van der Waals surface area contributed by atoms with Gasteiger partial charge in [0.15, 0.2) is 6.10 Å². The summed E-state index contributed by atoms with van der Waals surface area (Å²) in [6.07, 6.45) is -0.342. The van der Waals surface area contributed by atoms with Crippen LogP contribution >= 0.6 is 23.4 Å². The second-order valence-corrected chi connectivity index (χ2v) is 6.95. The summed E-state index contributed by atoms with van der Waals surface area (Å²) in [4.78, 5) is 25.2. The molecule has 0 saturated heterocycles. The van der Waals surface area contributed by atoms with E-state index in [1.165, 1.54) is 0 Å². The van der Waals surface area contributed by atoms with Crippen molar-refractivity contribution in [2.45, 2.75) is 17.4 Å². The molecule has 0 aliphatic carbocycles. The third kappa shape index (κ3) is 4.10. The van der Waals surface area contributed by atoms with E-state index < -0.39 is 12.1 Å². The van der Waals surface area contributed by atoms with Crippen LogP contribution in [0, 0.1) is 0 Å². The highest BCUT2D eigenvalue weighted by atomic mass is 35.5. The molecule has 0 radical (unpaired) electrons. The smallest absolute Gasteiger partial charge is 0.339 e. The molecule has 1 aliphatic heterocycles. The highest BCUT2D eigenvalue weighted by Gasteiger charge is 2.30. The standard InChI is InChI=1S/C18H16ClNO3S/c19-13-5-7-14(8-6-13)24-10-9-20-17(21)16-11-12-3-1-2-4-15(12)18(22)23-16/h1-8,16H,9-11H2,(H,20,21)/t16-/m1/s1. The Labute approximate surface area is 149 Å². The van der Waals surface area contributed by atoms with E-state index in [-0.39, 0.29) is 5.91 Å². The van der Waals surface area contributed by atoms with Crippen LogP contribution in [0.15, 0.2) is 53.4 Å². The Hall–Kier alpha value is -1.98. The average molecular weight is 362 g/mol. The highest BCUT2D eigenvalue weighted by molar-refractivity contribution is 7.99. The first-order valence-electron chi connectivity index (χ1n) is 7.58. The van der Waals surface area contributed by atoms with Gasteiger partial charge in [-0.15, -0.1) is 11.8 Å². The molecule has 0 spiro atoms. The molecule has 0 saturated carbocycles. The first kappa shape index (κ1) is 16.9. The lowest BCUT2D eigenvalue weighted by Gasteiger charge is -2.23. The number of ether oxygens (including phenoxy) is 1. The molecule has 124 valence electrons. The van der Waals surface area contributed by atoms with E-state index in [1.807, 2.05) is 36.4 Å². The van der Waals surface area contributed by atoms with Crippen LogP contribution in [0.3, 0.4) is 0 Å². The Morgan fingerprint density at radius 2 is 1.96 bits per heavy atom. The summed E-state index contributed by atoms with van der Waals surface area (Å²) in [5.74, 6) is 0.0343. The molecule has 0 bridgehead atoms. The summed E-state index contributed by atoms with van der Waals surface area (Å²) in [5, 5.41) is 3.52. The second-order valence-electron chi connectivity index (χ2n) is 5.35. The fourth-order valence-corrected chi connectivity index (χ4v) is 3.36. The van der Waals surface area contributed by atoms with Gasteiger partial charge in [0, 0.05) is 28.6 Å². The minimum Gasteiger partial charge on any atom is -0.448 e. The summed E-state index contributed by atoms with van der Waals surface area (Å²) >= 11 is 7.47. The SMILES string of the molecule is O=C1O[C@@H](C(=O)NCCSc2ccc(Cl)cc2)Cc2ccccc21. The molecule has 0 aromatic heterocycles. The number of benzene rings is 2. The Kier molecular flexibility index (Phi) is 5.43. The van der Waals surface area contributed by atoms with Crippen LogP contribution in [-0.4, -0.2) is 30.3 Å². The van der Waals surface area contributed by atoms with Gasteiger partial charge in [0.05, 0.1) is 5.56 Å². The Balaban J connectivity index is 1.47. The number of hydrogen-bond donors (Lipinski definition) is 1. The number of cyclic esters (lactones) is 1. The molecule has 4 nitrogen and oxygen atoms in total. The van der Waals surface area contributed by atoms with Gasteiger partial charge in [-0.3, -0.25) is 4.79 Å². The Morgan fingerprint density at radius 3 is 2.75 bits per heavy atom. The van der Waals surface area contributed by atoms with E-state index in [0.717, 1.165) is 16.2 Å². The van der Waals surface area contributed by atoms with Gasteiger partial charge < -0.3 is 10.1 Å². The topological polar surface area (TPSA) is 55.4 Å². The number of thioether (sulfide) groups is 1. The zero-order valence-corrected chi connectivity index (χ0v) is 14.4. The van der Waals surface area contributed by atoms with E-state index >= 15 is 0 Å². The number of carbonyl (C=O) groups is 2. The fraction of sp³-hybridized carbons (Fsp3) is 0.222. The molecule has 24 heavy (non-hydrogen) atoms. The van der Waals surface area contributed by atoms with Crippen LogP contribution in [0.5, 0.6) is 0 Å². The zero-order valence-electron chi connectivity index (χ0n) is 12.8. The van der Waals surface area contributed by atoms with Gasteiger partial charge in [0.2, 0.25) is 0 Å². The molecular weight excluding hydrogens is 346 g/mol. The molecule has 1 aliphatic rings. The minimum absolute atomic E-state index is 0.255. The lowest BCUT2D eigenvalue weighted by molar-refractivity contribution is -0.130. The van der Waals surface area contributed by atoms with E-state index in [1.54, 1.807) is 23.9 Å². The molecule has 1 amide bonds. The molecule has 1 atom stereocenters. The predicted molar refractivity (Wildman–Crippen MR) is 94.5 cm³/mol. The Morgan fingerprint density at radius 1 is 1.21 bits per heavy atom. The number of esters is 1. The molecule has 6 heteroatoms. The molecule has 1 N–H and O–H groups in total. The van der Waals surface area contributed by atoms with Gasteiger partial charge in [-0.2, -0.15) is 0 Å². The fourth-order valence-electron chi connectivity index (χ4n) is 2.47. The van der Waals surface area contributed by atoms with Crippen molar-refractivity contribution >= 4 is 35.2 Å². The van der Waals surface area contributed by atoms with Crippen molar-refractivity contribution in [1.82, 2.24) is 5.32 Å². The van der Waals surface area contributed by atoms with Gasteiger partial charge in [-0.25, -0.2) is 4.79 Å². The van der Waals surface area contributed by atoms with Crippen molar-refractivity contribution in [3.8, 4) is 0 Å². The number of halogens is 1. The molecular formula is C18H16ClNO3S. The van der Waals surface area contributed by atoms with Crippen LogP contribution in [0.4, 0.5) is 0 Å². The first-order chi connectivity index (χ1) is 11.6. The maximum absolute atomic E-state index is 12.2. The lowest BCUT2D eigenvalue weighted by atomic mass is 9.98. The molecule has 1 heterocycles. The van der Waals surface area contributed by atoms with Crippen LogP contribution in [0.25, 0.3) is 0 Å². The van der Waals surface area contributed by atoms with Crippen molar-refractivity contribution in [2.24, 2.45) is 0 Å². The van der Waals surface area contributed by atoms with Gasteiger partial charge in [0.1, 0.15) is 0 Å². The van der Waals surface area contributed by atoms with Gasteiger partial charge in [0.25, 0.3) is 5.91 Å². The largest absolute Gasteiger partial charge is 0.448 e. The van der Waals surface area contributed by atoms with Crippen molar-refractivity contribution in [3.05, 3.63) is 64.7 Å². The average Bonchev–Trinajstić information content (AvgIpc) is 2.60. The first-order valence-corrected chi connectivity index (χ1v) is 8.95. The van der Waals surface area contributed by atoms with Crippen molar-refractivity contribution < 1.29 is 14.3 Å². The van der Waals surface area contributed by atoms with E-state index in [4.69, 9.17) is 16.3 Å². The van der Waals surface area contributed by atoms with E-state index in [2.05, 4.69) is 5.32 Å². The normalized spacial score (nSPS) is 16.2. The predicted octanol–water partition coefficient (Wildman–Crippen LogP) is 3.33. The quantitative estimate of drug-likeness (QED) is 0.504. The van der Waals surface area contributed by atoms with E-state index in [9.17, 15) is 9.59 Å². The summed E-state index contributed by atoms with van der Waals surface area (Å²) < 4.78 is 5.23. The lowest BCUT2D eigenvalue weighted by Crippen LogP contribution is -2.42. The third-order valence-electron chi connectivity index (χ3n) is 3.67. The maximum atomic E-state index is 12.2. The van der Waals surface area contributed by atoms with Gasteiger partial charge >= 0.3 is 5.97 Å². The van der Waals surface area contributed by atoms with Crippen LogP contribution in [0.1, 0.15) is 15.9 Å². The van der Waals surface area contributed by atoms with E-state index in [0.29, 0.717) is 23.6 Å². The molecule has 0 fully saturated rings. The zero-order chi connectivity index (χ0) is 16.9. The summed E-state index contributed by atoms with van der Waals surface area (Å²) in [6, 6.07) is 14.8. The number of rotatable bonds is 5.